The van der Waals surface area contributed by atoms with Gasteiger partial charge >= 0.3 is 5.97 Å². The van der Waals surface area contributed by atoms with Crippen LogP contribution < -0.4 is 0 Å². The average molecular weight is 263 g/mol. The van der Waals surface area contributed by atoms with Gasteiger partial charge in [-0.1, -0.05) is 26.7 Å². The molecule has 1 unspecified atom stereocenters. The molecule has 4 nitrogen and oxygen atoms in total. The number of hydrogen-bond donors (Lipinski definition) is 1. The Morgan fingerprint density at radius 3 is 2.58 bits per heavy atom. The van der Waals surface area contributed by atoms with Gasteiger partial charge in [0.05, 0.1) is 0 Å². The summed E-state index contributed by atoms with van der Waals surface area (Å²) in [4.78, 5) is 23.6. The Labute approximate surface area is 113 Å². The van der Waals surface area contributed by atoms with Gasteiger partial charge in [-0.3, -0.25) is 4.79 Å². The standard InChI is InChI=1S/C15H21NO3/c1-15(2)7-5-4-6-11(15)13(17)10-8-12(14(18)19)16(3)9-10/h8-9,11H,4-7H2,1-3H3,(H,18,19). The van der Waals surface area contributed by atoms with Gasteiger partial charge in [0.1, 0.15) is 5.69 Å². The van der Waals surface area contributed by atoms with Crippen molar-refractivity contribution in [3.8, 4) is 0 Å². The monoisotopic (exact) mass is 263 g/mol. The number of Topliss-reactive ketones (excluding diaryl/α,β-unsaturated/α-hetero) is 1. The summed E-state index contributed by atoms with van der Waals surface area (Å²) in [5, 5.41) is 9.04. The first-order valence-electron chi connectivity index (χ1n) is 6.77. The van der Waals surface area contributed by atoms with Crippen molar-refractivity contribution in [3.63, 3.8) is 0 Å². The SMILES string of the molecule is Cn1cc(C(=O)C2CCCCC2(C)C)cc1C(=O)O. The fourth-order valence-corrected chi connectivity index (χ4v) is 3.09. The summed E-state index contributed by atoms with van der Waals surface area (Å²) in [6, 6.07) is 1.50. The molecule has 1 N–H and O–H groups in total. The third kappa shape index (κ3) is 2.57. The lowest BCUT2D eigenvalue weighted by molar-refractivity contribution is 0.0684. The van der Waals surface area contributed by atoms with E-state index in [4.69, 9.17) is 5.11 Å². The van der Waals surface area contributed by atoms with Gasteiger partial charge in [-0.05, 0) is 24.3 Å². The maximum Gasteiger partial charge on any atom is 0.352 e. The largest absolute Gasteiger partial charge is 0.477 e. The second-order valence-corrected chi connectivity index (χ2v) is 6.18. The van der Waals surface area contributed by atoms with Crippen molar-refractivity contribution in [2.75, 3.05) is 0 Å². The van der Waals surface area contributed by atoms with Crippen LogP contribution in [0, 0.1) is 11.3 Å². The zero-order chi connectivity index (χ0) is 14.2. The van der Waals surface area contributed by atoms with Crippen molar-refractivity contribution in [3.05, 3.63) is 23.5 Å². The molecule has 19 heavy (non-hydrogen) atoms. The zero-order valence-corrected chi connectivity index (χ0v) is 11.8. The summed E-state index contributed by atoms with van der Waals surface area (Å²) in [5.41, 5.74) is 0.700. The first kappa shape index (κ1) is 13.8. The molecule has 1 aliphatic rings. The van der Waals surface area contributed by atoms with E-state index < -0.39 is 5.97 Å². The highest BCUT2D eigenvalue weighted by Crippen LogP contribution is 2.42. The van der Waals surface area contributed by atoms with E-state index in [1.165, 1.54) is 17.1 Å². The van der Waals surface area contributed by atoms with Gasteiger partial charge in [-0.2, -0.15) is 0 Å². The van der Waals surface area contributed by atoms with E-state index in [9.17, 15) is 9.59 Å². The molecule has 104 valence electrons. The van der Waals surface area contributed by atoms with Gasteiger partial charge in [0.15, 0.2) is 5.78 Å². The van der Waals surface area contributed by atoms with Crippen LogP contribution >= 0.6 is 0 Å². The van der Waals surface area contributed by atoms with Crippen molar-refractivity contribution in [1.29, 1.82) is 0 Å². The molecule has 0 amide bonds. The van der Waals surface area contributed by atoms with Crippen molar-refractivity contribution in [1.82, 2.24) is 4.57 Å². The van der Waals surface area contributed by atoms with Crippen LogP contribution in [0.25, 0.3) is 0 Å². The number of nitrogens with zero attached hydrogens (tertiary/aromatic N) is 1. The Morgan fingerprint density at radius 1 is 1.37 bits per heavy atom. The Morgan fingerprint density at radius 2 is 2.05 bits per heavy atom. The van der Waals surface area contributed by atoms with E-state index in [2.05, 4.69) is 13.8 Å². The Hall–Kier alpha value is -1.58. The average Bonchev–Trinajstić information content (AvgIpc) is 2.70. The number of aryl methyl sites for hydroxylation is 1. The number of hydrogen-bond acceptors (Lipinski definition) is 2. The molecule has 1 aromatic rings. The topological polar surface area (TPSA) is 59.3 Å². The molecule has 1 heterocycles. The van der Waals surface area contributed by atoms with E-state index in [1.807, 2.05) is 0 Å². The molecule has 2 rings (SSSR count). The number of carbonyl (C=O) groups excluding carboxylic acids is 1. The lowest BCUT2D eigenvalue weighted by atomic mass is 9.66. The fourth-order valence-electron chi connectivity index (χ4n) is 3.09. The van der Waals surface area contributed by atoms with Gasteiger partial charge in [0.2, 0.25) is 0 Å². The summed E-state index contributed by atoms with van der Waals surface area (Å²) in [6.45, 7) is 4.27. The van der Waals surface area contributed by atoms with Gasteiger partial charge in [0, 0.05) is 24.7 Å². The molecular weight excluding hydrogens is 242 g/mol. The number of carboxylic acids is 1. The number of ketones is 1. The highest BCUT2D eigenvalue weighted by molar-refractivity contribution is 6.00. The number of carboxylic acid groups (broad SMARTS) is 1. The van der Waals surface area contributed by atoms with E-state index in [0.717, 1.165) is 19.3 Å². The van der Waals surface area contributed by atoms with E-state index in [1.54, 1.807) is 13.2 Å². The molecule has 0 saturated heterocycles. The maximum atomic E-state index is 12.6. The summed E-state index contributed by atoms with van der Waals surface area (Å²) in [7, 11) is 1.66. The van der Waals surface area contributed by atoms with Crippen LogP contribution in [0.15, 0.2) is 12.3 Å². The lowest BCUT2D eigenvalue weighted by Gasteiger charge is -2.37. The predicted octanol–water partition coefficient (Wildman–Crippen LogP) is 3.12. The molecule has 0 aromatic carbocycles. The summed E-state index contributed by atoms with van der Waals surface area (Å²) in [6.07, 6.45) is 5.85. The second-order valence-electron chi connectivity index (χ2n) is 6.18. The molecule has 1 atom stereocenters. The minimum Gasteiger partial charge on any atom is -0.477 e. The summed E-state index contributed by atoms with van der Waals surface area (Å²) < 4.78 is 1.51. The number of rotatable bonds is 3. The smallest absolute Gasteiger partial charge is 0.352 e. The predicted molar refractivity (Wildman–Crippen MR) is 72.4 cm³/mol. The molecule has 0 radical (unpaired) electrons. The molecule has 1 saturated carbocycles. The van der Waals surface area contributed by atoms with Crippen LogP contribution in [0.3, 0.4) is 0 Å². The van der Waals surface area contributed by atoms with Crippen LogP contribution in [-0.2, 0) is 7.05 Å². The van der Waals surface area contributed by atoms with E-state index in [-0.39, 0.29) is 22.8 Å². The van der Waals surface area contributed by atoms with Crippen LogP contribution in [-0.4, -0.2) is 21.4 Å². The second kappa shape index (κ2) is 4.83. The van der Waals surface area contributed by atoms with Gasteiger partial charge < -0.3 is 9.67 Å². The molecule has 4 heteroatoms. The first-order chi connectivity index (χ1) is 8.83. The lowest BCUT2D eigenvalue weighted by Crippen LogP contribution is -2.33. The quantitative estimate of drug-likeness (QED) is 0.852. The third-order valence-electron chi connectivity index (χ3n) is 4.33. The highest BCUT2D eigenvalue weighted by Gasteiger charge is 2.37. The number of aromatic nitrogens is 1. The molecule has 1 aromatic heterocycles. The molecule has 1 fully saturated rings. The van der Waals surface area contributed by atoms with Gasteiger partial charge in [-0.25, -0.2) is 4.79 Å². The zero-order valence-electron chi connectivity index (χ0n) is 11.8. The minimum atomic E-state index is -0.996. The van der Waals surface area contributed by atoms with Crippen molar-refractivity contribution >= 4 is 11.8 Å². The Bertz CT molecular complexity index is 513. The van der Waals surface area contributed by atoms with E-state index >= 15 is 0 Å². The van der Waals surface area contributed by atoms with Crippen LogP contribution in [0.1, 0.15) is 60.4 Å². The molecular formula is C15H21NO3. The van der Waals surface area contributed by atoms with Crippen LogP contribution in [0.4, 0.5) is 0 Å². The summed E-state index contributed by atoms with van der Waals surface area (Å²) >= 11 is 0. The normalized spacial score (nSPS) is 22.2. The van der Waals surface area contributed by atoms with Crippen LogP contribution in [0.2, 0.25) is 0 Å². The van der Waals surface area contributed by atoms with E-state index in [0.29, 0.717) is 5.56 Å². The van der Waals surface area contributed by atoms with Crippen molar-refractivity contribution in [2.24, 2.45) is 18.4 Å². The van der Waals surface area contributed by atoms with Gasteiger partial charge in [-0.15, -0.1) is 0 Å². The Balaban J connectivity index is 2.29. The molecule has 0 spiro atoms. The number of aromatic carboxylic acids is 1. The third-order valence-corrected chi connectivity index (χ3v) is 4.33. The van der Waals surface area contributed by atoms with Crippen molar-refractivity contribution in [2.45, 2.75) is 39.5 Å². The van der Waals surface area contributed by atoms with Crippen molar-refractivity contribution < 1.29 is 14.7 Å². The highest BCUT2D eigenvalue weighted by atomic mass is 16.4. The van der Waals surface area contributed by atoms with Crippen LogP contribution in [0.5, 0.6) is 0 Å². The Kier molecular flexibility index (Phi) is 3.52. The van der Waals surface area contributed by atoms with Gasteiger partial charge in [0.25, 0.3) is 0 Å². The maximum absolute atomic E-state index is 12.6. The summed E-state index contributed by atoms with van der Waals surface area (Å²) in [5.74, 6) is -0.900. The minimum absolute atomic E-state index is 0.00490. The fraction of sp³-hybridized carbons (Fsp3) is 0.600. The molecule has 0 bridgehead atoms. The number of carbonyl (C=O) groups is 2. The first-order valence-corrected chi connectivity index (χ1v) is 6.77. The molecule has 0 aliphatic heterocycles. The molecule has 1 aliphatic carbocycles.